The molecule has 1 aromatic carbocycles. The number of benzene rings is 1. The van der Waals surface area contributed by atoms with Gasteiger partial charge in [-0.2, -0.15) is 0 Å². The molecule has 1 N–H and O–H groups in total. The Kier molecular flexibility index (Phi) is 5.59. The normalized spacial score (nSPS) is 11.2. The molecular weight excluding hydrogens is 369 g/mol. The van der Waals surface area contributed by atoms with Crippen molar-refractivity contribution in [1.82, 2.24) is 5.32 Å². The molecule has 1 amide bonds. The Labute approximate surface area is 122 Å². The summed E-state index contributed by atoms with van der Waals surface area (Å²) in [6, 6.07) is 4.02. The summed E-state index contributed by atoms with van der Waals surface area (Å²) in [5.74, 6) is -0.700. The first-order valence-corrected chi connectivity index (χ1v) is 7.48. The van der Waals surface area contributed by atoms with E-state index in [9.17, 15) is 9.18 Å². The van der Waals surface area contributed by atoms with Gasteiger partial charge in [0.25, 0.3) is 5.91 Å². The van der Waals surface area contributed by atoms with Gasteiger partial charge in [-0.1, -0.05) is 31.9 Å². The molecule has 1 aromatic rings. The number of carbonyl (C=O) groups is 1. The number of amides is 1. The minimum absolute atomic E-state index is 0.0574. The minimum atomic E-state index is -0.488. The zero-order valence-electron chi connectivity index (χ0n) is 10.1. The van der Waals surface area contributed by atoms with Crippen LogP contribution in [0.2, 0.25) is 0 Å². The van der Waals surface area contributed by atoms with Gasteiger partial charge >= 0.3 is 0 Å². The first-order chi connectivity index (χ1) is 8.45. The van der Waals surface area contributed by atoms with E-state index in [1.54, 1.807) is 0 Å². The second kappa shape index (κ2) is 6.52. The van der Waals surface area contributed by atoms with Crippen molar-refractivity contribution in [2.45, 2.75) is 12.5 Å². The first kappa shape index (κ1) is 15.4. The summed E-state index contributed by atoms with van der Waals surface area (Å²) < 4.78 is 18.1. The van der Waals surface area contributed by atoms with Crippen LogP contribution in [0.1, 0.15) is 17.3 Å². The number of alkyl halides is 2. The molecule has 0 bridgehead atoms. The molecule has 0 aromatic heterocycles. The van der Waals surface area contributed by atoms with Crippen LogP contribution in [0.5, 0.6) is 5.75 Å². The van der Waals surface area contributed by atoms with Crippen LogP contribution in [0.3, 0.4) is 0 Å². The van der Waals surface area contributed by atoms with Gasteiger partial charge in [0.05, 0.1) is 12.6 Å². The highest BCUT2D eigenvalue weighted by molar-refractivity contribution is 9.09. The van der Waals surface area contributed by atoms with Crippen molar-refractivity contribution in [2.24, 2.45) is 0 Å². The van der Waals surface area contributed by atoms with Gasteiger partial charge in [-0.3, -0.25) is 4.79 Å². The van der Waals surface area contributed by atoms with E-state index in [4.69, 9.17) is 4.74 Å². The van der Waals surface area contributed by atoms with E-state index in [2.05, 4.69) is 37.2 Å². The summed E-state index contributed by atoms with van der Waals surface area (Å²) in [4.78, 5) is 12.0. The van der Waals surface area contributed by atoms with Gasteiger partial charge in [-0.05, 0) is 25.1 Å². The van der Waals surface area contributed by atoms with Gasteiger partial charge in [0.1, 0.15) is 0 Å². The second-order valence-corrected chi connectivity index (χ2v) is 5.25. The maximum atomic E-state index is 13.2. The number of halogens is 3. The van der Waals surface area contributed by atoms with Crippen LogP contribution < -0.4 is 10.1 Å². The van der Waals surface area contributed by atoms with Crippen molar-refractivity contribution in [3.63, 3.8) is 0 Å². The molecule has 3 nitrogen and oxygen atoms in total. The Morgan fingerprint density at radius 3 is 2.56 bits per heavy atom. The Hall–Kier alpha value is -0.620. The van der Waals surface area contributed by atoms with Crippen LogP contribution in [0, 0.1) is 5.82 Å². The summed E-state index contributed by atoms with van der Waals surface area (Å²) in [6.45, 7) is 1.90. The molecule has 0 aliphatic carbocycles. The summed E-state index contributed by atoms with van der Waals surface area (Å²) in [6.07, 6.45) is 0. The van der Waals surface area contributed by atoms with Crippen LogP contribution >= 0.6 is 31.9 Å². The number of nitrogens with one attached hydrogen (secondary N) is 1. The Morgan fingerprint density at radius 2 is 2.06 bits per heavy atom. The first-order valence-electron chi connectivity index (χ1n) is 5.24. The molecule has 0 atom stereocenters. The Morgan fingerprint density at radius 1 is 1.44 bits per heavy atom. The maximum absolute atomic E-state index is 13.2. The van der Waals surface area contributed by atoms with Crippen molar-refractivity contribution >= 4 is 37.8 Å². The third-order valence-corrected chi connectivity index (χ3v) is 4.89. The molecule has 0 heterocycles. The van der Waals surface area contributed by atoms with Crippen LogP contribution in [0.4, 0.5) is 4.39 Å². The Bertz CT molecular complexity index is 436. The van der Waals surface area contributed by atoms with Crippen molar-refractivity contribution in [3.8, 4) is 5.75 Å². The number of rotatable bonds is 5. The van der Waals surface area contributed by atoms with E-state index in [0.29, 0.717) is 16.2 Å². The molecular formula is C12H14Br2FNO2. The van der Waals surface area contributed by atoms with Crippen molar-refractivity contribution < 1.29 is 13.9 Å². The van der Waals surface area contributed by atoms with Gasteiger partial charge in [-0.15, -0.1) is 0 Å². The monoisotopic (exact) mass is 381 g/mol. The van der Waals surface area contributed by atoms with Crippen LogP contribution in [-0.2, 0) is 0 Å². The SMILES string of the molecule is COc1cc(C(=O)NC(C)(CBr)CBr)ccc1F. The molecule has 0 saturated carbocycles. The van der Waals surface area contributed by atoms with Crippen LogP contribution in [0.15, 0.2) is 18.2 Å². The number of hydrogen-bond acceptors (Lipinski definition) is 2. The van der Waals surface area contributed by atoms with E-state index in [-0.39, 0.29) is 11.7 Å². The summed E-state index contributed by atoms with van der Waals surface area (Å²) in [5.41, 5.74) is -0.0417. The molecule has 0 spiro atoms. The quantitative estimate of drug-likeness (QED) is 0.794. The summed E-state index contributed by atoms with van der Waals surface area (Å²) in [7, 11) is 1.36. The molecule has 0 radical (unpaired) electrons. The van der Waals surface area contributed by atoms with Crippen LogP contribution in [0.25, 0.3) is 0 Å². The van der Waals surface area contributed by atoms with Gasteiger partial charge < -0.3 is 10.1 Å². The molecule has 0 unspecified atom stereocenters. The van der Waals surface area contributed by atoms with E-state index < -0.39 is 11.4 Å². The predicted molar refractivity (Wildman–Crippen MR) is 76.4 cm³/mol. The second-order valence-electron chi connectivity index (χ2n) is 4.13. The van der Waals surface area contributed by atoms with E-state index in [0.717, 1.165) is 0 Å². The van der Waals surface area contributed by atoms with Gasteiger partial charge in [-0.25, -0.2) is 4.39 Å². The fourth-order valence-electron chi connectivity index (χ4n) is 1.25. The van der Waals surface area contributed by atoms with Crippen LogP contribution in [-0.4, -0.2) is 29.2 Å². The average Bonchev–Trinajstić information content (AvgIpc) is 2.39. The zero-order valence-corrected chi connectivity index (χ0v) is 13.3. The van der Waals surface area contributed by atoms with Crippen molar-refractivity contribution in [1.29, 1.82) is 0 Å². The smallest absolute Gasteiger partial charge is 0.251 e. The lowest BCUT2D eigenvalue weighted by molar-refractivity contribution is 0.0922. The number of ether oxygens (including phenoxy) is 1. The summed E-state index contributed by atoms with van der Waals surface area (Å²) >= 11 is 6.69. The lowest BCUT2D eigenvalue weighted by Gasteiger charge is -2.26. The zero-order chi connectivity index (χ0) is 13.8. The molecule has 1 rings (SSSR count). The van der Waals surface area contributed by atoms with E-state index >= 15 is 0 Å². The highest BCUT2D eigenvalue weighted by atomic mass is 79.9. The number of methoxy groups -OCH3 is 1. The van der Waals surface area contributed by atoms with Gasteiger partial charge in [0.15, 0.2) is 11.6 Å². The predicted octanol–water partition coefficient (Wildman–Crippen LogP) is 3.11. The standard InChI is InChI=1S/C12H14Br2FNO2/c1-12(6-13,7-14)16-11(17)8-3-4-9(15)10(5-8)18-2/h3-5H,6-7H2,1-2H3,(H,16,17). The molecule has 0 aliphatic rings. The van der Waals surface area contributed by atoms with E-state index in [1.807, 2.05) is 6.92 Å². The van der Waals surface area contributed by atoms with Crippen molar-refractivity contribution in [3.05, 3.63) is 29.6 Å². The lowest BCUT2D eigenvalue weighted by Crippen LogP contribution is -2.48. The maximum Gasteiger partial charge on any atom is 0.251 e. The highest BCUT2D eigenvalue weighted by Gasteiger charge is 2.24. The molecule has 0 aliphatic heterocycles. The van der Waals surface area contributed by atoms with Gasteiger partial charge in [0.2, 0.25) is 0 Å². The fourth-order valence-corrected chi connectivity index (χ4v) is 2.46. The average molecular weight is 383 g/mol. The molecule has 6 heteroatoms. The minimum Gasteiger partial charge on any atom is -0.494 e. The molecule has 100 valence electrons. The largest absolute Gasteiger partial charge is 0.494 e. The highest BCUT2D eigenvalue weighted by Crippen LogP contribution is 2.19. The number of carbonyl (C=O) groups excluding carboxylic acids is 1. The lowest BCUT2D eigenvalue weighted by atomic mass is 10.1. The topological polar surface area (TPSA) is 38.3 Å². The third-order valence-electron chi connectivity index (χ3n) is 2.42. The molecule has 0 fully saturated rings. The van der Waals surface area contributed by atoms with Gasteiger partial charge in [0, 0.05) is 16.2 Å². The molecule has 0 saturated heterocycles. The fraction of sp³-hybridized carbons (Fsp3) is 0.417. The summed E-state index contributed by atoms with van der Waals surface area (Å²) in [5, 5.41) is 4.08. The third kappa shape index (κ3) is 3.68. The number of hydrogen-bond donors (Lipinski definition) is 1. The van der Waals surface area contributed by atoms with E-state index in [1.165, 1.54) is 25.3 Å². The van der Waals surface area contributed by atoms with Crippen molar-refractivity contribution in [2.75, 3.05) is 17.8 Å². The molecule has 18 heavy (non-hydrogen) atoms. The Balaban J connectivity index is 2.91.